The normalized spacial score (nSPS) is 11.0. The van der Waals surface area contributed by atoms with Crippen molar-refractivity contribution >= 4 is 11.1 Å². The van der Waals surface area contributed by atoms with Crippen LogP contribution in [0.1, 0.15) is 22.3 Å². The van der Waals surface area contributed by atoms with E-state index in [0.717, 1.165) is 27.9 Å². The third-order valence-electron chi connectivity index (χ3n) is 5.57. The number of rotatable bonds is 3. The molecule has 0 spiro atoms. The number of fused-ring (bicyclic) bond motifs is 1. The molecule has 0 unspecified atom stereocenters. The first-order valence-electron chi connectivity index (χ1n) is 9.87. The van der Waals surface area contributed by atoms with Gasteiger partial charge in [0.2, 0.25) is 0 Å². The Hall–Kier alpha value is -3.08. The van der Waals surface area contributed by atoms with Gasteiger partial charge < -0.3 is 8.98 Å². The van der Waals surface area contributed by atoms with E-state index in [-0.39, 0.29) is 20.1 Å². The monoisotopic (exact) mass is 586 g/mol. The molecular formula is C25H21IrN4O-. The van der Waals surface area contributed by atoms with Gasteiger partial charge in [0.15, 0.2) is 6.39 Å². The zero-order valence-corrected chi connectivity index (χ0v) is 20.1. The predicted molar refractivity (Wildman–Crippen MR) is 118 cm³/mol. The second-order valence-electron chi connectivity index (χ2n) is 7.67. The predicted octanol–water partition coefficient (Wildman–Crippen LogP) is 5.77. The summed E-state index contributed by atoms with van der Waals surface area (Å²) in [6.07, 6.45) is 3.19. The van der Waals surface area contributed by atoms with Gasteiger partial charge in [-0.3, -0.25) is 4.98 Å². The van der Waals surface area contributed by atoms with Crippen molar-refractivity contribution in [2.45, 2.75) is 27.7 Å². The number of hydrogen-bond acceptors (Lipinski definition) is 4. The molecule has 31 heavy (non-hydrogen) atoms. The van der Waals surface area contributed by atoms with Crippen LogP contribution < -0.4 is 0 Å². The molecular weight excluding hydrogens is 565 g/mol. The van der Waals surface area contributed by atoms with Crippen molar-refractivity contribution in [2.75, 3.05) is 0 Å². The van der Waals surface area contributed by atoms with Gasteiger partial charge in [0, 0.05) is 31.3 Å². The maximum Gasteiger partial charge on any atom is 0.170 e. The van der Waals surface area contributed by atoms with Crippen molar-refractivity contribution < 1.29 is 24.5 Å². The van der Waals surface area contributed by atoms with Gasteiger partial charge in [0.25, 0.3) is 0 Å². The molecule has 2 aromatic heterocycles. The summed E-state index contributed by atoms with van der Waals surface area (Å²) in [6.45, 7) is 8.58. The number of nitrogens with zero attached hydrogens (tertiary/aromatic N) is 4. The summed E-state index contributed by atoms with van der Waals surface area (Å²) in [4.78, 5) is 4.35. The topological polar surface area (TPSA) is 56.7 Å². The van der Waals surface area contributed by atoms with Crippen LogP contribution in [0, 0.1) is 33.8 Å². The van der Waals surface area contributed by atoms with Crippen LogP contribution in [0.15, 0.2) is 59.6 Å². The molecule has 0 atom stereocenters. The summed E-state index contributed by atoms with van der Waals surface area (Å²) in [7, 11) is 0. The molecule has 0 N–H and O–H groups in total. The van der Waals surface area contributed by atoms with Crippen LogP contribution in [-0.2, 0) is 20.1 Å². The third-order valence-corrected chi connectivity index (χ3v) is 5.57. The van der Waals surface area contributed by atoms with Gasteiger partial charge in [0.1, 0.15) is 6.33 Å². The standard InChI is InChI=1S/C25H21N4O.Ir/c1-15-7-5-8-16(2)22(15)19-11-17(3)24(18(4)12-19)29-13-27-28-25(29)20-9-6-10-21-23(20)26-14-30-21;/h5-8,10-14H,1-4H3;/q-1;. The van der Waals surface area contributed by atoms with Crippen molar-refractivity contribution in [2.24, 2.45) is 0 Å². The second kappa shape index (κ2) is 8.22. The molecule has 5 aromatic rings. The van der Waals surface area contributed by atoms with E-state index in [9.17, 15) is 0 Å². The number of aromatic nitrogens is 4. The average molecular weight is 586 g/mol. The summed E-state index contributed by atoms with van der Waals surface area (Å²) in [5.41, 5.74) is 10.7. The van der Waals surface area contributed by atoms with Gasteiger partial charge in [-0.1, -0.05) is 29.8 Å². The van der Waals surface area contributed by atoms with Gasteiger partial charge in [0.05, 0.1) is 11.4 Å². The van der Waals surface area contributed by atoms with Crippen LogP contribution in [0.3, 0.4) is 0 Å². The summed E-state index contributed by atoms with van der Waals surface area (Å²) >= 11 is 0. The molecule has 0 saturated heterocycles. The maximum atomic E-state index is 5.45. The molecule has 1 radical (unpaired) electrons. The first kappa shape index (κ1) is 21.2. The SMILES string of the molecule is Cc1cccc(C)c1-c1cc(C)c(-n2cnnc2-c2[c-]ccc3ocnc23)c(C)c1.[Ir]. The Labute approximate surface area is 194 Å². The third kappa shape index (κ3) is 3.52. The Morgan fingerprint density at radius 2 is 1.65 bits per heavy atom. The molecule has 0 amide bonds. The summed E-state index contributed by atoms with van der Waals surface area (Å²) < 4.78 is 7.46. The van der Waals surface area contributed by atoms with Crippen LogP contribution in [0.5, 0.6) is 0 Å². The summed E-state index contributed by atoms with van der Waals surface area (Å²) in [5, 5.41) is 8.58. The van der Waals surface area contributed by atoms with Crippen LogP contribution in [-0.4, -0.2) is 19.7 Å². The van der Waals surface area contributed by atoms with Crippen molar-refractivity contribution in [1.29, 1.82) is 0 Å². The molecule has 0 aliphatic carbocycles. The van der Waals surface area contributed by atoms with E-state index in [0.29, 0.717) is 11.4 Å². The van der Waals surface area contributed by atoms with Gasteiger partial charge in [-0.25, -0.2) is 0 Å². The molecule has 5 nitrogen and oxygen atoms in total. The molecule has 3 aromatic carbocycles. The van der Waals surface area contributed by atoms with Crippen LogP contribution in [0.4, 0.5) is 0 Å². The quantitative estimate of drug-likeness (QED) is 0.252. The van der Waals surface area contributed by atoms with Crippen molar-refractivity contribution in [3.05, 3.63) is 83.5 Å². The second-order valence-corrected chi connectivity index (χ2v) is 7.67. The van der Waals surface area contributed by atoms with E-state index in [4.69, 9.17) is 4.42 Å². The van der Waals surface area contributed by atoms with Gasteiger partial charge in [-0.15, -0.1) is 17.2 Å². The molecule has 0 saturated carbocycles. The Kier molecular flexibility index (Phi) is 5.61. The minimum Gasteiger partial charge on any atom is -0.464 e. The van der Waals surface area contributed by atoms with Gasteiger partial charge in [-0.05, 0) is 73.2 Å². The Bertz CT molecular complexity index is 1360. The van der Waals surface area contributed by atoms with Gasteiger partial charge >= 0.3 is 0 Å². The van der Waals surface area contributed by atoms with E-state index in [1.54, 1.807) is 6.33 Å². The fourth-order valence-corrected chi connectivity index (χ4v) is 4.32. The number of hydrogen-bond donors (Lipinski definition) is 0. The molecule has 6 heteroatoms. The molecule has 5 rings (SSSR count). The Morgan fingerprint density at radius 3 is 2.35 bits per heavy atom. The average Bonchev–Trinajstić information content (AvgIpc) is 3.36. The fourth-order valence-electron chi connectivity index (χ4n) is 4.32. The van der Waals surface area contributed by atoms with E-state index in [1.165, 1.54) is 28.6 Å². The van der Waals surface area contributed by atoms with E-state index < -0.39 is 0 Å². The molecule has 0 fully saturated rings. The van der Waals surface area contributed by atoms with Crippen molar-refractivity contribution in [3.63, 3.8) is 0 Å². The molecule has 0 aliphatic rings. The first-order chi connectivity index (χ1) is 14.5. The number of benzene rings is 3. The zero-order valence-electron chi connectivity index (χ0n) is 17.7. The summed E-state index contributed by atoms with van der Waals surface area (Å²) in [6, 6.07) is 17.8. The van der Waals surface area contributed by atoms with Gasteiger partial charge in [-0.2, -0.15) is 5.10 Å². The molecule has 0 aliphatic heterocycles. The Morgan fingerprint density at radius 1 is 0.935 bits per heavy atom. The smallest absolute Gasteiger partial charge is 0.170 e. The first-order valence-corrected chi connectivity index (χ1v) is 9.87. The molecule has 157 valence electrons. The van der Waals surface area contributed by atoms with E-state index in [1.807, 2.05) is 16.7 Å². The minimum atomic E-state index is 0. The van der Waals surface area contributed by atoms with E-state index in [2.05, 4.69) is 79.3 Å². The fraction of sp³-hybridized carbons (Fsp3) is 0.160. The van der Waals surface area contributed by atoms with Crippen LogP contribution in [0.2, 0.25) is 0 Å². The molecule has 0 bridgehead atoms. The number of oxazole rings is 1. The minimum absolute atomic E-state index is 0. The summed E-state index contributed by atoms with van der Waals surface area (Å²) in [5.74, 6) is 0.695. The zero-order chi connectivity index (χ0) is 20.8. The largest absolute Gasteiger partial charge is 0.464 e. The Balaban J connectivity index is 0.00000231. The van der Waals surface area contributed by atoms with Crippen molar-refractivity contribution in [1.82, 2.24) is 19.7 Å². The maximum absolute atomic E-state index is 5.45. The van der Waals surface area contributed by atoms with Crippen molar-refractivity contribution in [3.8, 4) is 28.2 Å². The molecule has 2 heterocycles. The van der Waals surface area contributed by atoms with Crippen LogP contribution >= 0.6 is 0 Å². The van der Waals surface area contributed by atoms with Crippen LogP contribution in [0.25, 0.3) is 39.3 Å². The van der Waals surface area contributed by atoms with E-state index >= 15 is 0 Å². The number of aryl methyl sites for hydroxylation is 4.